The van der Waals surface area contributed by atoms with Crippen LogP contribution in [0.5, 0.6) is 0 Å². The second-order valence-corrected chi connectivity index (χ2v) is 5.16. The van der Waals surface area contributed by atoms with Gasteiger partial charge in [-0.3, -0.25) is 0 Å². The first kappa shape index (κ1) is 12.6. The average molecular weight is 285 g/mol. The summed E-state index contributed by atoms with van der Waals surface area (Å²) in [5.41, 5.74) is 2.44. The Kier molecular flexibility index (Phi) is 3.08. The van der Waals surface area contributed by atoms with Crippen LogP contribution < -0.4 is 0 Å². The smallest absolute Gasteiger partial charge is 0.339 e. The number of rotatable bonds is 3. The summed E-state index contributed by atoms with van der Waals surface area (Å²) in [6, 6.07) is 7.69. The van der Waals surface area contributed by atoms with Crippen LogP contribution >= 0.6 is 11.3 Å². The summed E-state index contributed by atoms with van der Waals surface area (Å²) in [7, 11) is 0. The lowest BCUT2D eigenvalue weighted by atomic mass is 10.2. The number of carbonyl (C=O) groups is 1. The average Bonchev–Trinajstić information content (AvgIpc) is 3.08. The maximum absolute atomic E-state index is 11.4. The van der Waals surface area contributed by atoms with Crippen molar-refractivity contribution in [3.8, 4) is 16.4 Å². The van der Waals surface area contributed by atoms with Gasteiger partial charge in [0.25, 0.3) is 0 Å². The van der Waals surface area contributed by atoms with Crippen LogP contribution in [-0.4, -0.2) is 25.8 Å². The van der Waals surface area contributed by atoms with E-state index in [0.29, 0.717) is 10.7 Å². The van der Waals surface area contributed by atoms with Crippen LogP contribution in [-0.2, 0) is 0 Å². The zero-order valence-electron chi connectivity index (χ0n) is 10.6. The van der Waals surface area contributed by atoms with Crippen LogP contribution in [0.25, 0.3) is 16.4 Å². The Labute approximate surface area is 119 Å². The second-order valence-electron chi connectivity index (χ2n) is 4.26. The van der Waals surface area contributed by atoms with Gasteiger partial charge in [-0.05, 0) is 18.6 Å². The number of benzene rings is 1. The largest absolute Gasteiger partial charge is 0.478 e. The highest BCUT2D eigenvalue weighted by Crippen LogP contribution is 2.26. The fourth-order valence-electron chi connectivity index (χ4n) is 1.97. The number of nitrogens with zero attached hydrogens (tertiary/aromatic N) is 3. The van der Waals surface area contributed by atoms with Crippen molar-refractivity contribution < 1.29 is 9.90 Å². The zero-order chi connectivity index (χ0) is 14.1. The minimum absolute atomic E-state index is 0.156. The third-order valence-corrected chi connectivity index (χ3v) is 3.72. The monoisotopic (exact) mass is 285 g/mol. The molecular weight excluding hydrogens is 274 g/mol. The molecule has 0 saturated carbocycles. The molecule has 0 radical (unpaired) electrons. The lowest BCUT2D eigenvalue weighted by Gasteiger charge is -2.04. The fourth-order valence-corrected chi connectivity index (χ4v) is 2.61. The summed E-state index contributed by atoms with van der Waals surface area (Å²) in [4.78, 5) is 15.5. The highest BCUT2D eigenvalue weighted by atomic mass is 32.1. The van der Waals surface area contributed by atoms with E-state index in [9.17, 15) is 9.90 Å². The van der Waals surface area contributed by atoms with Gasteiger partial charge in [-0.1, -0.05) is 18.2 Å². The molecule has 2 aromatic heterocycles. The lowest BCUT2D eigenvalue weighted by Crippen LogP contribution is -1.97. The Hall–Kier alpha value is -2.47. The van der Waals surface area contributed by atoms with Crippen LogP contribution in [0.15, 0.2) is 42.0 Å². The van der Waals surface area contributed by atoms with Crippen LogP contribution in [0.4, 0.5) is 0 Å². The number of aryl methyl sites for hydroxylation is 1. The number of para-hydroxylation sites is 1. The number of aromatic nitrogens is 3. The Morgan fingerprint density at radius 1 is 1.35 bits per heavy atom. The van der Waals surface area contributed by atoms with E-state index in [1.807, 2.05) is 31.2 Å². The number of aromatic carboxylic acids is 1. The minimum Gasteiger partial charge on any atom is -0.478 e. The van der Waals surface area contributed by atoms with Crippen molar-refractivity contribution in [3.05, 3.63) is 53.2 Å². The summed E-state index contributed by atoms with van der Waals surface area (Å²) < 4.78 is 1.59. The van der Waals surface area contributed by atoms with E-state index in [1.165, 1.54) is 17.5 Å². The maximum atomic E-state index is 11.4. The highest BCUT2D eigenvalue weighted by Gasteiger charge is 2.19. The molecule has 1 N–H and O–H groups in total. The van der Waals surface area contributed by atoms with Gasteiger partial charge in [0.15, 0.2) is 0 Å². The third-order valence-electron chi connectivity index (χ3n) is 2.94. The van der Waals surface area contributed by atoms with E-state index < -0.39 is 5.97 Å². The number of hydrogen-bond acceptors (Lipinski definition) is 4. The predicted octanol–water partition coefficient (Wildman–Crippen LogP) is 3.00. The van der Waals surface area contributed by atoms with Gasteiger partial charge in [0.1, 0.15) is 16.3 Å². The fraction of sp³-hybridized carbons (Fsp3) is 0.0714. The maximum Gasteiger partial charge on any atom is 0.339 e. The number of hydrogen-bond donors (Lipinski definition) is 1. The molecule has 0 aliphatic heterocycles. The molecule has 0 fully saturated rings. The molecule has 0 spiro atoms. The van der Waals surface area contributed by atoms with Crippen LogP contribution in [0.2, 0.25) is 0 Å². The molecule has 0 amide bonds. The molecule has 0 aliphatic rings. The normalized spacial score (nSPS) is 10.7. The highest BCUT2D eigenvalue weighted by molar-refractivity contribution is 7.13. The second kappa shape index (κ2) is 4.90. The van der Waals surface area contributed by atoms with E-state index in [2.05, 4.69) is 10.1 Å². The lowest BCUT2D eigenvalue weighted by molar-refractivity contribution is 0.0697. The Morgan fingerprint density at radius 3 is 2.80 bits per heavy atom. The van der Waals surface area contributed by atoms with E-state index in [-0.39, 0.29) is 5.56 Å². The number of carboxylic acids is 1. The first-order valence-electron chi connectivity index (χ1n) is 5.95. The van der Waals surface area contributed by atoms with Crippen molar-refractivity contribution in [2.24, 2.45) is 0 Å². The molecular formula is C14H11N3O2S. The molecule has 5 nitrogen and oxygen atoms in total. The third kappa shape index (κ3) is 2.10. The Balaban J connectivity index is 2.18. The SMILES string of the molecule is Cc1ccccc1-n1cc(C(=O)O)c(-c2nccs2)n1. The van der Waals surface area contributed by atoms with Gasteiger partial charge in [0.2, 0.25) is 0 Å². The standard InChI is InChI=1S/C14H11N3O2S/c1-9-4-2-3-5-11(9)17-8-10(14(18)19)12(16-17)13-15-6-7-20-13/h2-8H,1H3,(H,18,19). The summed E-state index contributed by atoms with van der Waals surface area (Å²) in [6.07, 6.45) is 3.17. The van der Waals surface area contributed by atoms with E-state index in [4.69, 9.17) is 0 Å². The Morgan fingerprint density at radius 2 is 2.15 bits per heavy atom. The van der Waals surface area contributed by atoms with Crippen molar-refractivity contribution in [3.63, 3.8) is 0 Å². The molecule has 3 rings (SSSR count). The molecule has 0 bridgehead atoms. The van der Waals surface area contributed by atoms with Gasteiger partial charge in [-0.2, -0.15) is 5.10 Å². The van der Waals surface area contributed by atoms with Crippen molar-refractivity contribution >= 4 is 17.3 Å². The first-order chi connectivity index (χ1) is 9.66. The van der Waals surface area contributed by atoms with Crippen LogP contribution in [0.3, 0.4) is 0 Å². The van der Waals surface area contributed by atoms with E-state index >= 15 is 0 Å². The molecule has 6 heteroatoms. The van der Waals surface area contributed by atoms with Gasteiger partial charge >= 0.3 is 5.97 Å². The molecule has 100 valence electrons. The molecule has 0 aliphatic carbocycles. The predicted molar refractivity (Wildman–Crippen MR) is 76.4 cm³/mol. The summed E-state index contributed by atoms with van der Waals surface area (Å²) in [5.74, 6) is -1.00. The number of thiazole rings is 1. The quantitative estimate of drug-likeness (QED) is 0.803. The minimum atomic E-state index is -1.00. The van der Waals surface area contributed by atoms with Gasteiger partial charge in [-0.25, -0.2) is 14.5 Å². The van der Waals surface area contributed by atoms with Gasteiger partial charge < -0.3 is 5.11 Å². The summed E-state index contributed by atoms with van der Waals surface area (Å²) in [6.45, 7) is 1.96. The topological polar surface area (TPSA) is 68.0 Å². The molecule has 0 unspecified atom stereocenters. The van der Waals surface area contributed by atoms with Crippen LogP contribution in [0.1, 0.15) is 15.9 Å². The molecule has 0 saturated heterocycles. The van der Waals surface area contributed by atoms with Gasteiger partial charge in [0.05, 0.1) is 5.69 Å². The number of carboxylic acid groups (broad SMARTS) is 1. The summed E-state index contributed by atoms with van der Waals surface area (Å²) >= 11 is 1.37. The molecule has 2 heterocycles. The molecule has 0 atom stereocenters. The van der Waals surface area contributed by atoms with Gasteiger partial charge in [0, 0.05) is 17.8 Å². The Bertz CT molecular complexity index is 763. The molecule has 1 aromatic carbocycles. The zero-order valence-corrected chi connectivity index (χ0v) is 11.5. The first-order valence-corrected chi connectivity index (χ1v) is 6.83. The molecule has 3 aromatic rings. The van der Waals surface area contributed by atoms with Crippen molar-refractivity contribution in [1.82, 2.24) is 14.8 Å². The van der Waals surface area contributed by atoms with E-state index in [0.717, 1.165) is 11.3 Å². The molecule has 20 heavy (non-hydrogen) atoms. The van der Waals surface area contributed by atoms with Crippen LogP contribution in [0, 0.1) is 6.92 Å². The van der Waals surface area contributed by atoms with Crippen molar-refractivity contribution in [2.45, 2.75) is 6.92 Å². The summed E-state index contributed by atoms with van der Waals surface area (Å²) in [5, 5.41) is 16.1. The van der Waals surface area contributed by atoms with Crippen molar-refractivity contribution in [2.75, 3.05) is 0 Å². The van der Waals surface area contributed by atoms with E-state index in [1.54, 1.807) is 16.3 Å². The van der Waals surface area contributed by atoms with Gasteiger partial charge in [-0.15, -0.1) is 11.3 Å². The van der Waals surface area contributed by atoms with Crippen molar-refractivity contribution in [1.29, 1.82) is 0 Å².